The van der Waals surface area contributed by atoms with Crippen LogP contribution in [0.4, 0.5) is 17.5 Å². The highest BCUT2D eigenvalue weighted by Gasteiger charge is 2.07. The van der Waals surface area contributed by atoms with Crippen LogP contribution in [0.2, 0.25) is 0 Å². The zero-order valence-electron chi connectivity index (χ0n) is 10.8. The van der Waals surface area contributed by atoms with E-state index in [0.29, 0.717) is 6.04 Å². The lowest BCUT2D eigenvalue weighted by molar-refractivity contribution is 0.885. The third-order valence-corrected chi connectivity index (χ3v) is 2.43. The molecule has 5 nitrogen and oxygen atoms in total. The van der Waals surface area contributed by atoms with Gasteiger partial charge in [-0.3, -0.25) is 0 Å². The van der Waals surface area contributed by atoms with Crippen LogP contribution >= 0.6 is 0 Å². The molecule has 0 aromatic carbocycles. The summed E-state index contributed by atoms with van der Waals surface area (Å²) in [7, 11) is 1.93. The monoisotopic (exact) mass is 243 g/mol. The maximum Gasteiger partial charge on any atom is 0.139 e. The van der Waals surface area contributed by atoms with Crippen molar-refractivity contribution >= 4 is 17.5 Å². The van der Waals surface area contributed by atoms with Crippen molar-refractivity contribution in [3.8, 4) is 0 Å². The zero-order chi connectivity index (χ0) is 13.0. The lowest BCUT2D eigenvalue weighted by atomic mass is 10.3. The summed E-state index contributed by atoms with van der Waals surface area (Å²) in [6, 6.07) is 8.04. The van der Waals surface area contributed by atoms with Gasteiger partial charge in [0.1, 0.15) is 23.8 Å². The summed E-state index contributed by atoms with van der Waals surface area (Å²) in [5.74, 6) is 2.48. The van der Waals surface area contributed by atoms with E-state index in [9.17, 15) is 0 Å². The lowest BCUT2D eigenvalue weighted by Crippen LogP contribution is -2.15. The molecular weight excluding hydrogens is 226 g/mol. The van der Waals surface area contributed by atoms with E-state index < -0.39 is 0 Å². The van der Waals surface area contributed by atoms with Gasteiger partial charge in [0, 0.05) is 25.4 Å². The van der Waals surface area contributed by atoms with Crippen molar-refractivity contribution in [1.29, 1.82) is 0 Å². The van der Waals surface area contributed by atoms with Crippen LogP contribution < -0.4 is 10.2 Å². The highest BCUT2D eigenvalue weighted by molar-refractivity contribution is 5.58. The molecule has 0 atom stereocenters. The van der Waals surface area contributed by atoms with Gasteiger partial charge in [-0.15, -0.1) is 0 Å². The fourth-order valence-electron chi connectivity index (χ4n) is 1.57. The number of nitrogens with one attached hydrogen (secondary N) is 1. The summed E-state index contributed by atoms with van der Waals surface area (Å²) in [5.41, 5.74) is 0. The highest BCUT2D eigenvalue weighted by atomic mass is 15.2. The molecule has 0 aliphatic carbocycles. The maximum atomic E-state index is 4.29. The van der Waals surface area contributed by atoms with Gasteiger partial charge in [-0.05, 0) is 26.0 Å². The van der Waals surface area contributed by atoms with Crippen LogP contribution in [0.1, 0.15) is 13.8 Å². The van der Waals surface area contributed by atoms with Crippen LogP contribution in [0.5, 0.6) is 0 Å². The van der Waals surface area contributed by atoms with Gasteiger partial charge in [-0.2, -0.15) is 0 Å². The van der Waals surface area contributed by atoms with Gasteiger partial charge in [0.15, 0.2) is 0 Å². The second kappa shape index (κ2) is 5.44. The van der Waals surface area contributed by atoms with Crippen molar-refractivity contribution in [3.63, 3.8) is 0 Å². The lowest BCUT2D eigenvalue weighted by Gasteiger charge is -2.18. The molecule has 0 spiro atoms. The smallest absolute Gasteiger partial charge is 0.139 e. The Balaban J connectivity index is 2.23. The van der Waals surface area contributed by atoms with Gasteiger partial charge >= 0.3 is 0 Å². The Morgan fingerprint density at radius 2 is 1.94 bits per heavy atom. The van der Waals surface area contributed by atoms with Crippen LogP contribution in [0.15, 0.2) is 36.8 Å². The SMILES string of the molecule is CC(C)Nc1cc(N(C)c2ccccn2)ncn1. The molecule has 94 valence electrons. The molecule has 0 saturated carbocycles. The molecule has 0 saturated heterocycles. The van der Waals surface area contributed by atoms with Gasteiger partial charge in [-0.1, -0.05) is 6.07 Å². The molecule has 0 fully saturated rings. The van der Waals surface area contributed by atoms with Gasteiger partial charge in [0.25, 0.3) is 0 Å². The predicted octanol–water partition coefficient (Wildman–Crippen LogP) is 2.46. The molecule has 0 bridgehead atoms. The van der Waals surface area contributed by atoms with Crippen LogP contribution in [-0.4, -0.2) is 28.0 Å². The summed E-state index contributed by atoms with van der Waals surface area (Å²) in [6.45, 7) is 4.15. The molecule has 18 heavy (non-hydrogen) atoms. The van der Waals surface area contributed by atoms with Crippen molar-refractivity contribution in [1.82, 2.24) is 15.0 Å². The van der Waals surface area contributed by atoms with E-state index >= 15 is 0 Å². The van der Waals surface area contributed by atoms with E-state index in [1.165, 1.54) is 0 Å². The third kappa shape index (κ3) is 2.94. The Labute approximate surface area is 107 Å². The van der Waals surface area contributed by atoms with Crippen LogP contribution in [-0.2, 0) is 0 Å². The molecule has 2 aromatic rings. The molecule has 2 aromatic heterocycles. The minimum absolute atomic E-state index is 0.341. The minimum atomic E-state index is 0.341. The Morgan fingerprint density at radius 1 is 1.11 bits per heavy atom. The number of pyridine rings is 1. The van der Waals surface area contributed by atoms with Crippen molar-refractivity contribution in [2.75, 3.05) is 17.3 Å². The first-order chi connectivity index (χ1) is 8.66. The molecule has 0 amide bonds. The Morgan fingerprint density at radius 3 is 2.61 bits per heavy atom. The van der Waals surface area contributed by atoms with Crippen molar-refractivity contribution < 1.29 is 0 Å². The van der Waals surface area contributed by atoms with Gasteiger partial charge in [0.2, 0.25) is 0 Å². The second-order valence-corrected chi connectivity index (χ2v) is 4.31. The molecule has 0 aliphatic rings. The molecule has 2 heterocycles. The number of hydrogen-bond donors (Lipinski definition) is 1. The average molecular weight is 243 g/mol. The molecular formula is C13H17N5. The number of hydrogen-bond acceptors (Lipinski definition) is 5. The summed E-state index contributed by atoms with van der Waals surface area (Å²) in [6.07, 6.45) is 3.32. The van der Waals surface area contributed by atoms with E-state index in [-0.39, 0.29) is 0 Å². The largest absolute Gasteiger partial charge is 0.368 e. The second-order valence-electron chi connectivity index (χ2n) is 4.31. The van der Waals surface area contributed by atoms with E-state index in [4.69, 9.17) is 0 Å². The molecule has 0 unspecified atom stereocenters. The first kappa shape index (κ1) is 12.3. The van der Waals surface area contributed by atoms with E-state index in [2.05, 4.69) is 34.1 Å². The molecule has 2 rings (SSSR count). The topological polar surface area (TPSA) is 53.9 Å². The predicted molar refractivity (Wildman–Crippen MR) is 73.1 cm³/mol. The number of nitrogens with zero attached hydrogens (tertiary/aromatic N) is 4. The summed E-state index contributed by atoms with van der Waals surface area (Å²) in [4.78, 5) is 14.7. The molecule has 5 heteroatoms. The first-order valence-corrected chi connectivity index (χ1v) is 5.90. The van der Waals surface area contributed by atoms with Gasteiger partial charge < -0.3 is 10.2 Å². The van der Waals surface area contributed by atoms with Gasteiger partial charge in [-0.25, -0.2) is 15.0 Å². The summed E-state index contributed by atoms with van der Waals surface area (Å²) in [5, 5.41) is 3.25. The minimum Gasteiger partial charge on any atom is -0.368 e. The Bertz CT molecular complexity index is 498. The normalized spacial score (nSPS) is 10.4. The fraction of sp³-hybridized carbons (Fsp3) is 0.308. The third-order valence-electron chi connectivity index (χ3n) is 2.43. The fourth-order valence-corrected chi connectivity index (χ4v) is 1.57. The van der Waals surface area contributed by atoms with Crippen LogP contribution in [0.25, 0.3) is 0 Å². The zero-order valence-corrected chi connectivity index (χ0v) is 10.8. The number of rotatable bonds is 4. The van der Waals surface area contributed by atoms with Crippen LogP contribution in [0.3, 0.4) is 0 Å². The van der Waals surface area contributed by atoms with Crippen LogP contribution in [0, 0.1) is 0 Å². The Kier molecular flexibility index (Phi) is 3.72. The standard InChI is InChI=1S/C13H17N5/c1-10(2)17-11-8-13(16-9-15-11)18(3)12-6-4-5-7-14-12/h4-10H,1-3H3,(H,15,16,17). The summed E-state index contributed by atoms with van der Waals surface area (Å²) < 4.78 is 0. The quantitative estimate of drug-likeness (QED) is 0.894. The van der Waals surface area contributed by atoms with Crippen molar-refractivity contribution in [2.45, 2.75) is 19.9 Å². The molecule has 0 radical (unpaired) electrons. The Hall–Kier alpha value is -2.17. The van der Waals surface area contributed by atoms with Crippen molar-refractivity contribution in [3.05, 3.63) is 36.8 Å². The first-order valence-electron chi connectivity index (χ1n) is 5.90. The summed E-state index contributed by atoms with van der Waals surface area (Å²) >= 11 is 0. The van der Waals surface area contributed by atoms with Crippen molar-refractivity contribution in [2.24, 2.45) is 0 Å². The van der Waals surface area contributed by atoms with E-state index in [0.717, 1.165) is 17.5 Å². The molecule has 1 N–H and O–H groups in total. The number of aromatic nitrogens is 3. The average Bonchev–Trinajstić information content (AvgIpc) is 2.38. The highest BCUT2D eigenvalue weighted by Crippen LogP contribution is 2.20. The maximum absolute atomic E-state index is 4.29. The van der Waals surface area contributed by atoms with E-state index in [1.807, 2.05) is 36.2 Å². The number of anilines is 3. The molecule has 0 aliphatic heterocycles. The van der Waals surface area contributed by atoms with E-state index in [1.54, 1.807) is 12.5 Å². The van der Waals surface area contributed by atoms with Gasteiger partial charge in [0.05, 0.1) is 0 Å².